The van der Waals surface area contributed by atoms with Crippen molar-refractivity contribution in [1.29, 1.82) is 0 Å². The van der Waals surface area contributed by atoms with E-state index < -0.39 is 0 Å². The standard InChI is InChI=1S/C12H11Br2N3O/c13-7-3-4-8(9(14)6-7)12-16-11(17-18-12)10-2-1-5-15-10/h3-4,6,10,15H,1-2,5H2. The highest BCUT2D eigenvalue weighted by atomic mass is 79.9. The largest absolute Gasteiger partial charge is 0.334 e. The summed E-state index contributed by atoms with van der Waals surface area (Å²) in [6.07, 6.45) is 2.23. The molecular weight excluding hydrogens is 362 g/mol. The zero-order valence-corrected chi connectivity index (χ0v) is 12.7. The van der Waals surface area contributed by atoms with E-state index in [0.717, 1.165) is 39.7 Å². The fourth-order valence-electron chi connectivity index (χ4n) is 2.05. The van der Waals surface area contributed by atoms with Gasteiger partial charge in [0.05, 0.1) is 11.6 Å². The Morgan fingerprint density at radius 3 is 2.94 bits per heavy atom. The highest BCUT2D eigenvalue weighted by molar-refractivity contribution is 9.11. The van der Waals surface area contributed by atoms with Gasteiger partial charge in [0.15, 0.2) is 5.82 Å². The number of nitrogens with zero attached hydrogens (tertiary/aromatic N) is 2. The first-order valence-electron chi connectivity index (χ1n) is 5.76. The van der Waals surface area contributed by atoms with E-state index in [9.17, 15) is 0 Å². The van der Waals surface area contributed by atoms with Crippen molar-refractivity contribution in [2.45, 2.75) is 18.9 Å². The van der Waals surface area contributed by atoms with Gasteiger partial charge in [0.1, 0.15) is 0 Å². The average Bonchev–Trinajstić information content (AvgIpc) is 2.99. The van der Waals surface area contributed by atoms with Crippen LogP contribution in [0.5, 0.6) is 0 Å². The zero-order valence-electron chi connectivity index (χ0n) is 9.49. The Morgan fingerprint density at radius 2 is 2.22 bits per heavy atom. The summed E-state index contributed by atoms with van der Waals surface area (Å²) in [4.78, 5) is 4.47. The Kier molecular flexibility index (Phi) is 3.50. The van der Waals surface area contributed by atoms with E-state index in [1.807, 2.05) is 18.2 Å². The molecule has 1 aromatic heterocycles. The number of benzene rings is 1. The van der Waals surface area contributed by atoms with Crippen molar-refractivity contribution < 1.29 is 4.52 Å². The molecular formula is C12H11Br2N3O. The normalized spacial score (nSPS) is 19.3. The van der Waals surface area contributed by atoms with Crippen LogP contribution in [0, 0.1) is 0 Å². The smallest absolute Gasteiger partial charge is 0.259 e. The first-order chi connectivity index (χ1) is 8.74. The van der Waals surface area contributed by atoms with Gasteiger partial charge in [-0.25, -0.2) is 0 Å². The van der Waals surface area contributed by atoms with Crippen LogP contribution in [0.25, 0.3) is 11.5 Å². The molecule has 0 bridgehead atoms. The van der Waals surface area contributed by atoms with E-state index in [1.165, 1.54) is 0 Å². The Bertz CT molecular complexity index is 564. The van der Waals surface area contributed by atoms with Gasteiger partial charge >= 0.3 is 0 Å². The van der Waals surface area contributed by atoms with Crippen molar-refractivity contribution >= 4 is 31.9 Å². The van der Waals surface area contributed by atoms with E-state index in [0.29, 0.717) is 5.89 Å². The number of halogens is 2. The molecule has 0 radical (unpaired) electrons. The van der Waals surface area contributed by atoms with Gasteiger partial charge in [-0.05, 0) is 53.5 Å². The monoisotopic (exact) mass is 371 g/mol. The summed E-state index contributed by atoms with van der Waals surface area (Å²) in [5.41, 5.74) is 0.912. The number of aromatic nitrogens is 2. The van der Waals surface area contributed by atoms with E-state index in [1.54, 1.807) is 0 Å². The molecule has 0 aliphatic carbocycles. The fraction of sp³-hybridized carbons (Fsp3) is 0.333. The third-order valence-electron chi connectivity index (χ3n) is 2.98. The van der Waals surface area contributed by atoms with Gasteiger partial charge in [-0.1, -0.05) is 21.1 Å². The number of hydrogen-bond donors (Lipinski definition) is 1. The van der Waals surface area contributed by atoms with Crippen LogP contribution in [0.3, 0.4) is 0 Å². The van der Waals surface area contributed by atoms with Crippen LogP contribution < -0.4 is 5.32 Å². The minimum absolute atomic E-state index is 0.233. The summed E-state index contributed by atoms with van der Waals surface area (Å²) >= 11 is 6.92. The quantitative estimate of drug-likeness (QED) is 0.873. The summed E-state index contributed by atoms with van der Waals surface area (Å²) in [6, 6.07) is 6.11. The molecule has 4 nitrogen and oxygen atoms in total. The summed E-state index contributed by atoms with van der Waals surface area (Å²) in [7, 11) is 0. The Hall–Kier alpha value is -0.720. The number of nitrogens with one attached hydrogen (secondary N) is 1. The van der Waals surface area contributed by atoms with E-state index in [4.69, 9.17) is 4.52 Å². The lowest BCUT2D eigenvalue weighted by atomic mass is 10.2. The van der Waals surface area contributed by atoms with Gasteiger partial charge in [0.2, 0.25) is 0 Å². The molecule has 6 heteroatoms. The summed E-state index contributed by atoms with van der Waals surface area (Å²) < 4.78 is 7.28. The molecule has 2 aromatic rings. The van der Waals surface area contributed by atoms with Crippen molar-refractivity contribution in [1.82, 2.24) is 15.5 Å². The van der Waals surface area contributed by atoms with E-state index in [-0.39, 0.29) is 6.04 Å². The number of hydrogen-bond acceptors (Lipinski definition) is 4. The van der Waals surface area contributed by atoms with Crippen molar-refractivity contribution in [3.05, 3.63) is 33.0 Å². The minimum Gasteiger partial charge on any atom is -0.334 e. The Labute approximate surface area is 121 Å². The number of rotatable bonds is 2. The maximum Gasteiger partial charge on any atom is 0.259 e. The predicted octanol–water partition coefficient (Wildman–Crippen LogP) is 3.69. The van der Waals surface area contributed by atoms with Crippen LogP contribution in [-0.2, 0) is 0 Å². The second-order valence-electron chi connectivity index (χ2n) is 4.23. The second-order valence-corrected chi connectivity index (χ2v) is 6.00. The SMILES string of the molecule is Brc1ccc(-c2nc(C3CCCN3)no2)c(Br)c1. The molecule has 1 unspecified atom stereocenters. The van der Waals surface area contributed by atoms with Crippen molar-refractivity contribution in [2.24, 2.45) is 0 Å². The predicted molar refractivity (Wildman–Crippen MR) is 75.1 cm³/mol. The van der Waals surface area contributed by atoms with Crippen LogP contribution in [-0.4, -0.2) is 16.7 Å². The van der Waals surface area contributed by atoms with E-state index >= 15 is 0 Å². The topological polar surface area (TPSA) is 51.0 Å². The Balaban J connectivity index is 1.92. The summed E-state index contributed by atoms with van der Waals surface area (Å²) in [5, 5.41) is 7.41. The molecule has 1 aliphatic rings. The van der Waals surface area contributed by atoms with Crippen molar-refractivity contribution in [3.63, 3.8) is 0 Å². The van der Waals surface area contributed by atoms with E-state index in [2.05, 4.69) is 47.3 Å². The molecule has 18 heavy (non-hydrogen) atoms. The molecule has 1 saturated heterocycles. The summed E-state index contributed by atoms with van der Waals surface area (Å²) in [6.45, 7) is 1.02. The Morgan fingerprint density at radius 1 is 1.33 bits per heavy atom. The van der Waals surface area contributed by atoms with Crippen LogP contribution in [0.4, 0.5) is 0 Å². The van der Waals surface area contributed by atoms with Gasteiger partial charge in [0, 0.05) is 8.95 Å². The lowest BCUT2D eigenvalue weighted by Crippen LogP contribution is -2.14. The molecule has 2 heterocycles. The van der Waals surface area contributed by atoms with Crippen LogP contribution in [0.1, 0.15) is 24.7 Å². The van der Waals surface area contributed by atoms with Gasteiger partial charge in [-0.3, -0.25) is 0 Å². The second kappa shape index (κ2) is 5.11. The lowest BCUT2D eigenvalue weighted by Gasteiger charge is -2.02. The van der Waals surface area contributed by atoms with Crippen LogP contribution in [0.15, 0.2) is 31.7 Å². The van der Waals surface area contributed by atoms with Gasteiger partial charge in [-0.2, -0.15) is 4.98 Å². The van der Waals surface area contributed by atoms with Gasteiger partial charge in [-0.15, -0.1) is 0 Å². The minimum atomic E-state index is 0.233. The van der Waals surface area contributed by atoms with Gasteiger partial charge < -0.3 is 9.84 Å². The third kappa shape index (κ3) is 2.37. The van der Waals surface area contributed by atoms with Crippen LogP contribution >= 0.6 is 31.9 Å². The first-order valence-corrected chi connectivity index (χ1v) is 7.35. The molecule has 1 aliphatic heterocycles. The fourth-order valence-corrected chi connectivity index (χ4v) is 3.27. The van der Waals surface area contributed by atoms with Gasteiger partial charge in [0.25, 0.3) is 5.89 Å². The van der Waals surface area contributed by atoms with Crippen molar-refractivity contribution in [3.8, 4) is 11.5 Å². The first kappa shape index (κ1) is 12.3. The van der Waals surface area contributed by atoms with Crippen LogP contribution in [0.2, 0.25) is 0 Å². The zero-order chi connectivity index (χ0) is 12.5. The third-order valence-corrected chi connectivity index (χ3v) is 4.12. The molecule has 0 saturated carbocycles. The molecule has 0 amide bonds. The maximum absolute atomic E-state index is 5.34. The molecule has 1 fully saturated rings. The average molecular weight is 373 g/mol. The molecule has 94 valence electrons. The highest BCUT2D eigenvalue weighted by Crippen LogP contribution is 2.31. The molecule has 1 aromatic carbocycles. The maximum atomic E-state index is 5.34. The molecule has 1 atom stereocenters. The van der Waals surface area contributed by atoms with Crippen molar-refractivity contribution in [2.75, 3.05) is 6.54 Å². The highest BCUT2D eigenvalue weighted by Gasteiger charge is 2.22. The summed E-state index contributed by atoms with van der Waals surface area (Å²) in [5.74, 6) is 1.30. The lowest BCUT2D eigenvalue weighted by molar-refractivity contribution is 0.412. The molecule has 1 N–H and O–H groups in total. The molecule has 0 spiro atoms. The molecule has 3 rings (SSSR count).